The molecule has 0 bridgehead atoms. The molecule has 0 heterocycles. The average Bonchev–Trinajstić information content (AvgIpc) is 3.38. The van der Waals surface area contributed by atoms with E-state index in [0.29, 0.717) is 19.3 Å². The Morgan fingerprint density at radius 1 is 0.292 bits per heavy atom. The van der Waals surface area contributed by atoms with Crippen LogP contribution in [0.5, 0.6) is 0 Å². The summed E-state index contributed by atoms with van der Waals surface area (Å²) in [4.78, 5) is 38.2. The zero-order valence-electron chi connectivity index (χ0n) is 47.7. The molecule has 6 nitrogen and oxygen atoms in total. The predicted octanol–water partition coefficient (Wildman–Crippen LogP) is 20.9. The van der Waals surface area contributed by atoms with E-state index in [0.717, 1.165) is 122 Å². The smallest absolute Gasteiger partial charge is 0.306 e. The van der Waals surface area contributed by atoms with Crippen molar-refractivity contribution in [3.8, 4) is 0 Å². The topological polar surface area (TPSA) is 78.9 Å². The van der Waals surface area contributed by atoms with Crippen molar-refractivity contribution >= 4 is 17.9 Å². The van der Waals surface area contributed by atoms with Crippen LogP contribution in [0.2, 0.25) is 0 Å². The Balaban J connectivity index is 4.25. The van der Waals surface area contributed by atoms with E-state index in [1.54, 1.807) is 0 Å². The molecule has 0 rings (SSSR count). The second-order valence-electron chi connectivity index (χ2n) is 20.6. The van der Waals surface area contributed by atoms with Gasteiger partial charge in [-0.2, -0.15) is 0 Å². The zero-order chi connectivity index (χ0) is 52.2. The number of ether oxygens (including phenoxy) is 3. The van der Waals surface area contributed by atoms with Crippen molar-refractivity contribution in [1.29, 1.82) is 0 Å². The third-order valence-corrected chi connectivity index (χ3v) is 13.5. The molecule has 0 N–H and O–H groups in total. The summed E-state index contributed by atoms with van der Waals surface area (Å²) in [5, 5.41) is 0. The monoisotopic (exact) mass is 1000 g/mol. The van der Waals surface area contributed by atoms with Crippen LogP contribution in [0.4, 0.5) is 0 Å². The molecule has 0 aromatic carbocycles. The Hall–Kier alpha value is -3.15. The summed E-state index contributed by atoms with van der Waals surface area (Å²) in [6.45, 7) is 6.41. The molecule has 0 aliphatic heterocycles. The summed E-state index contributed by atoms with van der Waals surface area (Å²) in [7, 11) is 0. The molecule has 0 aliphatic carbocycles. The summed E-state index contributed by atoms with van der Waals surface area (Å²) in [5.74, 6) is -0.926. The molecule has 1 unspecified atom stereocenters. The largest absolute Gasteiger partial charge is 0.462 e. The maximum absolute atomic E-state index is 12.9. The van der Waals surface area contributed by atoms with Gasteiger partial charge in [0, 0.05) is 19.3 Å². The van der Waals surface area contributed by atoms with Gasteiger partial charge in [0.25, 0.3) is 0 Å². The SMILES string of the molecule is CC/C=C\C/C=C\C/C=C\CCCCCCCC(=O)OC(COC(=O)CCCCC/C=C\C/C=C\C/C=C\CC)COC(=O)CCCCCCCCCCCCCCCCCCCCCCCCCCCC. The first-order valence-corrected chi connectivity index (χ1v) is 30.9. The van der Waals surface area contributed by atoms with Crippen LogP contribution >= 0.6 is 0 Å². The van der Waals surface area contributed by atoms with Crippen molar-refractivity contribution in [2.75, 3.05) is 13.2 Å². The van der Waals surface area contributed by atoms with Crippen LogP contribution in [-0.2, 0) is 28.6 Å². The van der Waals surface area contributed by atoms with Crippen LogP contribution in [-0.4, -0.2) is 37.2 Å². The van der Waals surface area contributed by atoms with Gasteiger partial charge in [-0.15, -0.1) is 0 Å². The van der Waals surface area contributed by atoms with Crippen molar-refractivity contribution < 1.29 is 28.6 Å². The highest BCUT2D eigenvalue weighted by Crippen LogP contribution is 2.17. The molecule has 416 valence electrons. The Morgan fingerprint density at radius 3 is 0.861 bits per heavy atom. The van der Waals surface area contributed by atoms with Gasteiger partial charge in [0.1, 0.15) is 13.2 Å². The molecular formula is C66H116O6. The molecule has 72 heavy (non-hydrogen) atoms. The van der Waals surface area contributed by atoms with Gasteiger partial charge in [0.15, 0.2) is 6.10 Å². The number of carbonyl (C=O) groups excluding carboxylic acids is 3. The minimum Gasteiger partial charge on any atom is -0.462 e. The zero-order valence-corrected chi connectivity index (χ0v) is 47.7. The van der Waals surface area contributed by atoms with Gasteiger partial charge in [-0.3, -0.25) is 14.4 Å². The maximum atomic E-state index is 12.9. The summed E-state index contributed by atoms with van der Waals surface area (Å²) in [6.07, 6.45) is 77.8. The lowest BCUT2D eigenvalue weighted by atomic mass is 10.0. The third kappa shape index (κ3) is 57.7. The lowest BCUT2D eigenvalue weighted by Gasteiger charge is -2.18. The molecule has 0 aromatic heterocycles. The molecule has 0 saturated heterocycles. The van der Waals surface area contributed by atoms with Crippen LogP contribution in [0.3, 0.4) is 0 Å². The molecule has 0 saturated carbocycles. The Morgan fingerprint density at radius 2 is 0.542 bits per heavy atom. The van der Waals surface area contributed by atoms with Gasteiger partial charge in [-0.25, -0.2) is 0 Å². The summed E-state index contributed by atoms with van der Waals surface area (Å²) in [5.41, 5.74) is 0. The highest BCUT2D eigenvalue weighted by Gasteiger charge is 2.19. The maximum Gasteiger partial charge on any atom is 0.306 e. The van der Waals surface area contributed by atoms with Gasteiger partial charge < -0.3 is 14.2 Å². The lowest BCUT2D eigenvalue weighted by Crippen LogP contribution is -2.30. The fourth-order valence-corrected chi connectivity index (χ4v) is 8.89. The molecule has 6 heteroatoms. The van der Waals surface area contributed by atoms with E-state index < -0.39 is 6.10 Å². The number of hydrogen-bond donors (Lipinski definition) is 0. The summed E-state index contributed by atoms with van der Waals surface area (Å²) in [6, 6.07) is 0. The third-order valence-electron chi connectivity index (χ3n) is 13.5. The number of carbonyl (C=O) groups is 3. The van der Waals surface area contributed by atoms with E-state index in [2.05, 4.69) is 93.7 Å². The number of hydrogen-bond acceptors (Lipinski definition) is 6. The van der Waals surface area contributed by atoms with E-state index in [1.165, 1.54) is 148 Å². The van der Waals surface area contributed by atoms with Gasteiger partial charge in [0.2, 0.25) is 0 Å². The highest BCUT2D eigenvalue weighted by molar-refractivity contribution is 5.71. The van der Waals surface area contributed by atoms with Crippen molar-refractivity contribution in [2.24, 2.45) is 0 Å². The highest BCUT2D eigenvalue weighted by atomic mass is 16.6. The lowest BCUT2D eigenvalue weighted by molar-refractivity contribution is -0.167. The molecule has 1 atom stereocenters. The molecule has 0 aromatic rings. The number of esters is 3. The van der Waals surface area contributed by atoms with Crippen LogP contribution in [0.25, 0.3) is 0 Å². The normalized spacial score (nSPS) is 12.5. The average molecular weight is 1010 g/mol. The number of unbranched alkanes of at least 4 members (excludes halogenated alkanes) is 33. The van der Waals surface area contributed by atoms with Gasteiger partial charge in [0.05, 0.1) is 0 Å². The molecule has 0 fully saturated rings. The Labute approximate surface area is 446 Å². The van der Waals surface area contributed by atoms with Crippen molar-refractivity contribution in [1.82, 2.24) is 0 Å². The standard InChI is InChI=1S/C66H116O6/c1-4-7-10-13-16-19-22-25-27-28-29-30-31-32-33-34-35-36-37-39-41-44-47-50-53-56-59-65(68)71-62-63(61-70-64(67)58-55-52-49-46-43-40-24-21-18-15-12-9-6-3)72-66(69)60-57-54-51-48-45-42-38-26-23-20-17-14-11-8-5-2/h8-9,11-12,17-18,20-21,26,38,40,43,63H,4-7,10,13-16,19,22-25,27-37,39,41-42,44-62H2,1-3H3/b11-8-,12-9-,20-17-,21-18-,38-26-,43-40-. The molecule has 0 amide bonds. The molecule has 0 radical (unpaired) electrons. The van der Waals surface area contributed by atoms with E-state index in [9.17, 15) is 14.4 Å². The fourth-order valence-electron chi connectivity index (χ4n) is 8.89. The summed E-state index contributed by atoms with van der Waals surface area (Å²) < 4.78 is 16.8. The quantitative estimate of drug-likeness (QED) is 0.0261. The first-order chi connectivity index (χ1) is 35.5. The van der Waals surface area contributed by atoms with Crippen molar-refractivity contribution in [2.45, 2.75) is 316 Å². The van der Waals surface area contributed by atoms with E-state index >= 15 is 0 Å². The molecule has 0 aliphatic rings. The molecular weight excluding hydrogens is 889 g/mol. The van der Waals surface area contributed by atoms with Crippen molar-refractivity contribution in [3.63, 3.8) is 0 Å². The van der Waals surface area contributed by atoms with Crippen molar-refractivity contribution in [3.05, 3.63) is 72.9 Å². The second kappa shape index (κ2) is 60.4. The van der Waals surface area contributed by atoms with E-state index in [-0.39, 0.29) is 31.1 Å². The minimum absolute atomic E-state index is 0.0898. The van der Waals surface area contributed by atoms with Crippen LogP contribution in [0.15, 0.2) is 72.9 Å². The van der Waals surface area contributed by atoms with Crippen LogP contribution in [0, 0.1) is 0 Å². The second-order valence-corrected chi connectivity index (χ2v) is 20.6. The first kappa shape index (κ1) is 68.8. The van der Waals surface area contributed by atoms with Gasteiger partial charge >= 0.3 is 17.9 Å². The fraction of sp³-hybridized carbons (Fsp3) is 0.773. The Bertz CT molecular complexity index is 1340. The number of rotatable bonds is 56. The van der Waals surface area contributed by atoms with Crippen LogP contribution < -0.4 is 0 Å². The number of allylic oxidation sites excluding steroid dienone is 12. The van der Waals surface area contributed by atoms with Gasteiger partial charge in [-0.05, 0) is 83.5 Å². The van der Waals surface area contributed by atoms with Crippen LogP contribution in [0.1, 0.15) is 310 Å². The van der Waals surface area contributed by atoms with E-state index in [1.807, 2.05) is 0 Å². The van der Waals surface area contributed by atoms with Gasteiger partial charge in [-0.1, -0.05) is 280 Å². The summed E-state index contributed by atoms with van der Waals surface area (Å²) >= 11 is 0. The minimum atomic E-state index is -0.796. The first-order valence-electron chi connectivity index (χ1n) is 30.9. The van der Waals surface area contributed by atoms with E-state index in [4.69, 9.17) is 14.2 Å². The Kier molecular flexibility index (Phi) is 57.8. The molecule has 0 spiro atoms. The predicted molar refractivity (Wildman–Crippen MR) is 311 cm³/mol.